The van der Waals surface area contributed by atoms with Gasteiger partial charge in [0.1, 0.15) is 0 Å². The normalized spacial score (nSPS) is 16.9. The smallest absolute Gasteiger partial charge is 0.0589 e. The van der Waals surface area contributed by atoms with Crippen molar-refractivity contribution in [3.05, 3.63) is 66.0 Å². The van der Waals surface area contributed by atoms with E-state index in [2.05, 4.69) is 64.2 Å². The molecule has 1 aliphatic heterocycles. The molecule has 1 aliphatic rings. The van der Waals surface area contributed by atoms with Gasteiger partial charge in [-0.25, -0.2) is 0 Å². The van der Waals surface area contributed by atoms with Crippen molar-refractivity contribution in [2.45, 2.75) is 38.6 Å². The van der Waals surface area contributed by atoms with Crippen LogP contribution in [0.15, 0.2) is 54.9 Å². The number of hydrogen-bond donors (Lipinski definition) is 0. The molecule has 1 atom stereocenters. The molecule has 3 rings (SSSR count). The molecule has 0 spiro atoms. The first-order valence-electron chi connectivity index (χ1n) is 11.1. The molecule has 4 heteroatoms. The largest absolute Gasteiger partial charge is 0.383 e. The number of hydrogen-bond acceptors (Lipinski definition) is 4. The number of aromatic nitrogens is 1. The summed E-state index contributed by atoms with van der Waals surface area (Å²) >= 11 is 0. The van der Waals surface area contributed by atoms with Crippen LogP contribution in [0.4, 0.5) is 0 Å². The maximum Gasteiger partial charge on any atom is 0.0589 e. The Morgan fingerprint density at radius 2 is 1.83 bits per heavy atom. The summed E-state index contributed by atoms with van der Waals surface area (Å²) in [4.78, 5) is 9.40. The number of methoxy groups -OCH3 is 1. The Balaban J connectivity index is 1.53. The van der Waals surface area contributed by atoms with E-state index in [0.717, 1.165) is 32.2 Å². The number of nitrogens with zero attached hydrogens (tertiary/aromatic N) is 3. The van der Waals surface area contributed by atoms with Crippen molar-refractivity contribution in [3.8, 4) is 0 Å². The molecule has 0 aliphatic carbocycles. The molecule has 1 fully saturated rings. The minimum absolute atomic E-state index is 0.590. The van der Waals surface area contributed by atoms with E-state index in [4.69, 9.17) is 4.74 Å². The van der Waals surface area contributed by atoms with Crippen LogP contribution >= 0.6 is 0 Å². The van der Waals surface area contributed by atoms with Crippen LogP contribution in [0.3, 0.4) is 0 Å². The molecule has 0 radical (unpaired) electrons. The summed E-state index contributed by atoms with van der Waals surface area (Å²) in [5.74, 6) is 1.38. The van der Waals surface area contributed by atoms with Crippen LogP contribution in [-0.4, -0.2) is 61.2 Å². The van der Waals surface area contributed by atoms with Gasteiger partial charge in [-0.3, -0.25) is 9.88 Å². The van der Waals surface area contributed by atoms with E-state index in [-0.39, 0.29) is 0 Å². The number of ether oxygens (including phenoxy) is 1. The minimum Gasteiger partial charge on any atom is -0.383 e. The van der Waals surface area contributed by atoms with Gasteiger partial charge in [0.05, 0.1) is 6.61 Å². The lowest BCUT2D eigenvalue weighted by Crippen LogP contribution is -2.40. The Morgan fingerprint density at radius 1 is 1.10 bits per heavy atom. The summed E-state index contributed by atoms with van der Waals surface area (Å²) in [6, 6.07) is 15.2. The van der Waals surface area contributed by atoms with Crippen LogP contribution in [0.1, 0.15) is 43.2 Å². The van der Waals surface area contributed by atoms with Crippen molar-refractivity contribution < 1.29 is 4.74 Å². The van der Waals surface area contributed by atoms with E-state index in [0.29, 0.717) is 5.92 Å². The van der Waals surface area contributed by atoms with E-state index >= 15 is 0 Å². The Morgan fingerprint density at radius 3 is 2.52 bits per heavy atom. The van der Waals surface area contributed by atoms with Crippen molar-refractivity contribution in [2.24, 2.45) is 5.92 Å². The SMILES string of the molecule is COCCN1CCC(CN(CCC(C)c2ccccc2)Cc2ccncc2)CC1. The van der Waals surface area contributed by atoms with Crippen molar-refractivity contribution in [1.29, 1.82) is 0 Å². The van der Waals surface area contributed by atoms with Gasteiger partial charge in [-0.15, -0.1) is 0 Å². The number of pyridine rings is 1. The van der Waals surface area contributed by atoms with Gasteiger partial charge >= 0.3 is 0 Å². The highest BCUT2D eigenvalue weighted by Gasteiger charge is 2.22. The van der Waals surface area contributed by atoms with Gasteiger partial charge in [0.2, 0.25) is 0 Å². The number of rotatable bonds is 11. The van der Waals surface area contributed by atoms with Gasteiger partial charge in [0.15, 0.2) is 0 Å². The Bertz CT molecular complexity index is 671. The van der Waals surface area contributed by atoms with E-state index in [1.807, 2.05) is 12.4 Å². The molecule has 0 bridgehead atoms. The van der Waals surface area contributed by atoms with E-state index < -0.39 is 0 Å². The molecule has 0 N–H and O–H groups in total. The first-order valence-corrected chi connectivity index (χ1v) is 11.1. The molecule has 29 heavy (non-hydrogen) atoms. The number of likely N-dealkylation sites (tertiary alicyclic amines) is 1. The lowest BCUT2D eigenvalue weighted by atomic mass is 9.94. The van der Waals surface area contributed by atoms with Crippen molar-refractivity contribution in [1.82, 2.24) is 14.8 Å². The second kappa shape index (κ2) is 12.1. The highest BCUT2D eigenvalue weighted by atomic mass is 16.5. The molecular formula is C25H37N3O. The quantitative estimate of drug-likeness (QED) is 0.562. The van der Waals surface area contributed by atoms with Crippen LogP contribution in [0.5, 0.6) is 0 Å². The fraction of sp³-hybridized carbons (Fsp3) is 0.560. The van der Waals surface area contributed by atoms with Crippen molar-refractivity contribution in [3.63, 3.8) is 0 Å². The zero-order valence-electron chi connectivity index (χ0n) is 18.2. The summed E-state index contributed by atoms with van der Waals surface area (Å²) < 4.78 is 5.24. The fourth-order valence-corrected chi connectivity index (χ4v) is 4.28. The van der Waals surface area contributed by atoms with Crippen molar-refractivity contribution in [2.75, 3.05) is 46.4 Å². The fourth-order valence-electron chi connectivity index (χ4n) is 4.28. The second-order valence-corrected chi connectivity index (χ2v) is 8.47. The lowest BCUT2D eigenvalue weighted by Gasteiger charge is -2.35. The van der Waals surface area contributed by atoms with Gasteiger partial charge in [-0.2, -0.15) is 0 Å². The van der Waals surface area contributed by atoms with Gasteiger partial charge in [0, 0.05) is 39.1 Å². The Labute approximate surface area is 176 Å². The third-order valence-electron chi connectivity index (χ3n) is 6.24. The zero-order chi connectivity index (χ0) is 20.3. The van der Waals surface area contributed by atoms with Gasteiger partial charge in [0.25, 0.3) is 0 Å². The van der Waals surface area contributed by atoms with Gasteiger partial charge in [-0.05, 0) is 74.0 Å². The molecular weight excluding hydrogens is 358 g/mol. The second-order valence-electron chi connectivity index (χ2n) is 8.47. The van der Waals surface area contributed by atoms with Gasteiger partial charge < -0.3 is 9.64 Å². The molecule has 1 unspecified atom stereocenters. The average molecular weight is 396 g/mol. The molecule has 2 aromatic rings. The van der Waals surface area contributed by atoms with Gasteiger partial charge in [-0.1, -0.05) is 37.3 Å². The van der Waals surface area contributed by atoms with Crippen LogP contribution < -0.4 is 0 Å². The lowest BCUT2D eigenvalue weighted by molar-refractivity contribution is 0.104. The Hall–Kier alpha value is -1.75. The summed E-state index contributed by atoms with van der Waals surface area (Å²) in [7, 11) is 1.79. The molecule has 1 saturated heterocycles. The Kier molecular flexibility index (Phi) is 9.13. The molecule has 0 amide bonds. The minimum atomic E-state index is 0.590. The monoisotopic (exact) mass is 395 g/mol. The molecule has 0 saturated carbocycles. The molecule has 2 heterocycles. The van der Waals surface area contributed by atoms with E-state index in [9.17, 15) is 0 Å². The molecule has 1 aromatic carbocycles. The summed E-state index contributed by atoms with van der Waals surface area (Å²) in [5, 5.41) is 0. The summed E-state index contributed by atoms with van der Waals surface area (Å²) in [6.07, 6.45) is 7.61. The maximum atomic E-state index is 5.24. The van der Waals surface area contributed by atoms with Crippen LogP contribution in [0.25, 0.3) is 0 Å². The topological polar surface area (TPSA) is 28.6 Å². The van der Waals surface area contributed by atoms with Crippen LogP contribution in [0.2, 0.25) is 0 Å². The van der Waals surface area contributed by atoms with E-state index in [1.54, 1.807) is 7.11 Å². The molecule has 4 nitrogen and oxygen atoms in total. The van der Waals surface area contributed by atoms with E-state index in [1.165, 1.54) is 50.0 Å². The summed E-state index contributed by atoms with van der Waals surface area (Å²) in [6.45, 7) is 10.0. The number of piperidine rings is 1. The molecule has 158 valence electrons. The standard InChI is InChI=1S/C25H37N3O/c1-22(25-6-4-3-5-7-25)10-15-28(20-23-8-13-26-14-9-23)21-24-11-16-27(17-12-24)18-19-29-2/h3-9,13-14,22,24H,10-12,15-21H2,1-2H3. The number of benzene rings is 1. The average Bonchev–Trinajstić information content (AvgIpc) is 2.78. The highest BCUT2D eigenvalue weighted by molar-refractivity contribution is 5.18. The predicted octanol–water partition coefficient (Wildman–Crippen LogP) is 4.44. The third kappa shape index (κ3) is 7.54. The van der Waals surface area contributed by atoms with Crippen LogP contribution in [-0.2, 0) is 11.3 Å². The van der Waals surface area contributed by atoms with Crippen LogP contribution in [0, 0.1) is 5.92 Å². The van der Waals surface area contributed by atoms with Crippen molar-refractivity contribution >= 4 is 0 Å². The molecule has 1 aromatic heterocycles. The first kappa shape index (κ1) is 21.9. The zero-order valence-corrected chi connectivity index (χ0v) is 18.2. The summed E-state index contributed by atoms with van der Waals surface area (Å²) in [5.41, 5.74) is 2.81. The maximum absolute atomic E-state index is 5.24. The third-order valence-corrected chi connectivity index (χ3v) is 6.24. The highest BCUT2D eigenvalue weighted by Crippen LogP contribution is 2.22. The first-order chi connectivity index (χ1) is 14.2. The predicted molar refractivity (Wildman–Crippen MR) is 120 cm³/mol.